The first kappa shape index (κ1) is 21.5. The zero-order chi connectivity index (χ0) is 20.2. The van der Waals surface area contributed by atoms with E-state index in [9.17, 15) is 8.42 Å². The first-order valence-corrected chi connectivity index (χ1v) is 10.4. The highest BCUT2D eigenvalue weighted by molar-refractivity contribution is 7.90. The summed E-state index contributed by atoms with van der Waals surface area (Å²) in [5, 5.41) is -0.463. The van der Waals surface area contributed by atoms with E-state index >= 15 is 0 Å². The first-order valence-electron chi connectivity index (χ1n) is 8.89. The van der Waals surface area contributed by atoms with Crippen molar-refractivity contribution in [1.29, 1.82) is 0 Å². The van der Waals surface area contributed by atoms with Crippen molar-refractivity contribution in [2.45, 2.75) is 45.6 Å². The molecule has 0 aliphatic rings. The molecule has 0 aromatic carbocycles. The van der Waals surface area contributed by atoms with Crippen LogP contribution in [-0.2, 0) is 26.0 Å². The maximum Gasteiger partial charge on any atom is 0.214 e. The van der Waals surface area contributed by atoms with Crippen molar-refractivity contribution in [3.8, 4) is 0 Å². The van der Waals surface area contributed by atoms with Gasteiger partial charge in [0.25, 0.3) is 0 Å². The average molecular weight is 400 g/mol. The summed E-state index contributed by atoms with van der Waals surface area (Å²) in [6.45, 7) is 8.53. The van der Waals surface area contributed by atoms with Crippen molar-refractivity contribution in [3.63, 3.8) is 0 Å². The Labute approximate surface area is 160 Å². The molecule has 2 rings (SSSR count). The number of aromatic nitrogens is 3. The van der Waals surface area contributed by atoms with Gasteiger partial charge in [0.15, 0.2) is 5.82 Å². The van der Waals surface area contributed by atoms with Gasteiger partial charge >= 0.3 is 0 Å². The van der Waals surface area contributed by atoms with Gasteiger partial charge in [-0.15, -0.1) is 0 Å². The molecular formula is C17H29N5O4S. The Bertz CT molecular complexity index is 879. The lowest BCUT2D eigenvalue weighted by Crippen LogP contribution is -2.33. The summed E-state index contributed by atoms with van der Waals surface area (Å²) in [6, 6.07) is 1.93. The second-order valence-electron chi connectivity index (χ2n) is 6.62. The zero-order valence-electron chi connectivity index (χ0n) is 16.5. The Hall–Kier alpha value is -1.75. The van der Waals surface area contributed by atoms with Gasteiger partial charge in [0.1, 0.15) is 17.4 Å². The van der Waals surface area contributed by atoms with E-state index in [0.717, 1.165) is 17.0 Å². The second-order valence-corrected chi connectivity index (χ2v) is 8.94. The van der Waals surface area contributed by atoms with Crippen LogP contribution in [0.3, 0.4) is 0 Å². The van der Waals surface area contributed by atoms with Gasteiger partial charge in [-0.1, -0.05) is 0 Å². The lowest BCUT2D eigenvalue weighted by Gasteiger charge is -2.14. The van der Waals surface area contributed by atoms with E-state index in [1.807, 2.05) is 24.5 Å². The summed E-state index contributed by atoms with van der Waals surface area (Å²) >= 11 is 0. The van der Waals surface area contributed by atoms with Crippen LogP contribution in [0.15, 0.2) is 6.07 Å². The number of sulfonamides is 1. The number of nitrogens with one attached hydrogen (secondary N) is 1. The number of hydrogen-bond acceptors (Lipinski definition) is 7. The number of imidazole rings is 1. The second kappa shape index (κ2) is 8.96. The minimum absolute atomic E-state index is 0.213. The number of aryl methyl sites for hydroxylation is 1. The highest BCUT2D eigenvalue weighted by atomic mass is 32.2. The Morgan fingerprint density at radius 2 is 1.96 bits per heavy atom. The van der Waals surface area contributed by atoms with Crippen LogP contribution in [0, 0.1) is 6.92 Å². The first-order chi connectivity index (χ1) is 12.7. The molecule has 0 aliphatic heterocycles. The number of nitrogen functional groups attached to an aromatic ring is 1. The number of anilines is 1. The molecule has 0 aliphatic carbocycles. The van der Waals surface area contributed by atoms with E-state index in [4.69, 9.17) is 15.2 Å². The van der Waals surface area contributed by atoms with Gasteiger partial charge in [-0.3, -0.25) is 0 Å². The molecule has 3 N–H and O–H groups in total. The lowest BCUT2D eigenvalue weighted by atomic mass is 10.3. The number of rotatable bonds is 10. The van der Waals surface area contributed by atoms with Gasteiger partial charge in [0, 0.05) is 25.9 Å². The summed E-state index contributed by atoms with van der Waals surface area (Å²) in [7, 11) is -1.65. The average Bonchev–Trinajstić information content (AvgIpc) is 2.96. The van der Waals surface area contributed by atoms with Crippen LogP contribution in [0.25, 0.3) is 11.0 Å². The van der Waals surface area contributed by atoms with E-state index in [0.29, 0.717) is 24.5 Å². The van der Waals surface area contributed by atoms with E-state index in [2.05, 4.69) is 14.7 Å². The quantitative estimate of drug-likeness (QED) is 0.579. The largest absolute Gasteiger partial charge is 0.382 e. The molecule has 0 amide bonds. The fraction of sp³-hybridized carbons (Fsp3) is 0.647. The van der Waals surface area contributed by atoms with Gasteiger partial charge in [-0.05, 0) is 33.8 Å². The molecule has 2 heterocycles. The van der Waals surface area contributed by atoms with Gasteiger partial charge in [0.2, 0.25) is 10.0 Å². The predicted octanol–water partition coefficient (Wildman–Crippen LogP) is 1.37. The third-order valence-corrected chi connectivity index (χ3v) is 6.12. The maximum absolute atomic E-state index is 11.7. The summed E-state index contributed by atoms with van der Waals surface area (Å²) in [5.74, 6) is 1.13. The van der Waals surface area contributed by atoms with E-state index in [-0.39, 0.29) is 19.3 Å². The highest BCUT2D eigenvalue weighted by Gasteiger charge is 2.19. The van der Waals surface area contributed by atoms with Gasteiger partial charge < -0.3 is 19.8 Å². The molecule has 0 fully saturated rings. The van der Waals surface area contributed by atoms with Crippen molar-refractivity contribution < 1.29 is 17.9 Å². The molecule has 27 heavy (non-hydrogen) atoms. The van der Waals surface area contributed by atoms with Crippen molar-refractivity contribution in [2.24, 2.45) is 0 Å². The molecular weight excluding hydrogens is 370 g/mol. The molecule has 10 heteroatoms. The Morgan fingerprint density at radius 1 is 1.26 bits per heavy atom. The summed E-state index contributed by atoms with van der Waals surface area (Å²) < 4.78 is 38.9. The predicted molar refractivity (Wildman–Crippen MR) is 105 cm³/mol. The van der Waals surface area contributed by atoms with Crippen molar-refractivity contribution in [2.75, 3.05) is 32.6 Å². The molecule has 0 saturated carbocycles. The number of pyridine rings is 1. The van der Waals surface area contributed by atoms with Gasteiger partial charge in [0.05, 0.1) is 24.0 Å². The number of nitrogens with two attached hydrogens (primary N) is 1. The standard InChI is InChI=1S/C17H29N5O4S/c1-11(2)27(23,24)19-6-8-26-9-7-22-14-10-12(3)20-16(18)15(14)21-17(22)13(4)25-5/h10-11,13,19H,6-9H2,1-5H3,(H2,18,20). The van der Waals surface area contributed by atoms with Crippen LogP contribution < -0.4 is 10.5 Å². The van der Waals surface area contributed by atoms with Crippen molar-refractivity contribution in [3.05, 3.63) is 17.6 Å². The minimum atomic E-state index is -3.27. The van der Waals surface area contributed by atoms with Crippen LogP contribution in [0.5, 0.6) is 0 Å². The number of nitrogens with zero attached hydrogens (tertiary/aromatic N) is 3. The number of fused-ring (bicyclic) bond motifs is 1. The third kappa shape index (κ3) is 5.16. The SMILES string of the molecule is COC(C)c1nc2c(N)nc(C)cc2n1CCOCCNS(=O)(=O)C(C)C. The molecule has 0 spiro atoms. The minimum Gasteiger partial charge on any atom is -0.382 e. The fourth-order valence-electron chi connectivity index (χ4n) is 2.62. The third-order valence-electron chi connectivity index (χ3n) is 4.27. The van der Waals surface area contributed by atoms with Crippen LogP contribution in [0.1, 0.15) is 38.4 Å². The molecule has 2 aromatic rings. The molecule has 0 saturated heterocycles. The summed E-state index contributed by atoms with van der Waals surface area (Å²) in [4.78, 5) is 8.86. The smallest absolute Gasteiger partial charge is 0.214 e. The monoisotopic (exact) mass is 399 g/mol. The van der Waals surface area contributed by atoms with Gasteiger partial charge in [-0.2, -0.15) is 0 Å². The Morgan fingerprint density at radius 3 is 2.59 bits per heavy atom. The van der Waals surface area contributed by atoms with Crippen molar-refractivity contribution >= 4 is 26.9 Å². The van der Waals surface area contributed by atoms with Crippen LogP contribution in [-0.4, -0.2) is 55.1 Å². The van der Waals surface area contributed by atoms with E-state index in [1.54, 1.807) is 21.0 Å². The Balaban J connectivity index is 2.05. The normalized spacial score (nSPS) is 13.6. The van der Waals surface area contributed by atoms with Crippen LogP contribution in [0.4, 0.5) is 5.82 Å². The maximum atomic E-state index is 11.7. The van der Waals surface area contributed by atoms with Gasteiger partial charge in [-0.25, -0.2) is 23.1 Å². The zero-order valence-corrected chi connectivity index (χ0v) is 17.3. The molecule has 0 radical (unpaired) electrons. The molecule has 152 valence electrons. The topological polar surface area (TPSA) is 121 Å². The highest BCUT2D eigenvalue weighted by Crippen LogP contribution is 2.26. The molecule has 0 bridgehead atoms. The number of hydrogen-bond donors (Lipinski definition) is 2. The summed E-state index contributed by atoms with van der Waals surface area (Å²) in [6.07, 6.45) is -0.213. The van der Waals surface area contributed by atoms with Crippen LogP contribution >= 0.6 is 0 Å². The lowest BCUT2D eigenvalue weighted by molar-refractivity contribution is 0.102. The van der Waals surface area contributed by atoms with Crippen LogP contribution in [0.2, 0.25) is 0 Å². The van der Waals surface area contributed by atoms with E-state index in [1.165, 1.54) is 0 Å². The molecule has 1 unspecified atom stereocenters. The fourth-order valence-corrected chi connectivity index (χ4v) is 3.32. The molecule has 9 nitrogen and oxygen atoms in total. The summed E-state index contributed by atoms with van der Waals surface area (Å²) in [5.41, 5.74) is 8.34. The number of ether oxygens (including phenoxy) is 2. The Kier molecular flexibility index (Phi) is 7.15. The van der Waals surface area contributed by atoms with E-state index < -0.39 is 15.3 Å². The van der Waals surface area contributed by atoms with Crippen molar-refractivity contribution in [1.82, 2.24) is 19.3 Å². The number of methoxy groups -OCH3 is 1. The molecule has 2 aromatic heterocycles. The molecule has 1 atom stereocenters.